The number of allylic oxidation sites excluding steroid dienone is 4. The zero-order valence-electron chi connectivity index (χ0n) is 22.4. The van der Waals surface area contributed by atoms with Gasteiger partial charge in [0.15, 0.2) is 11.6 Å². The number of nitrogens with zero attached hydrogens (tertiary/aromatic N) is 2. The average Bonchev–Trinajstić information content (AvgIpc) is 3.46. The van der Waals surface area contributed by atoms with Crippen molar-refractivity contribution < 1.29 is 19.2 Å². The lowest BCUT2D eigenvalue weighted by atomic mass is 9.71. The third-order valence-electron chi connectivity index (χ3n) is 10.1. The fourth-order valence-corrected chi connectivity index (χ4v) is 8.94. The molecule has 6 nitrogen and oxygen atoms in total. The number of hydrogen-bond donors (Lipinski definition) is 0. The molecule has 7 heteroatoms. The zero-order valence-corrected chi connectivity index (χ0v) is 23.2. The van der Waals surface area contributed by atoms with Crippen molar-refractivity contribution in [1.29, 1.82) is 0 Å². The number of ketones is 2. The summed E-state index contributed by atoms with van der Waals surface area (Å²) in [6.45, 7) is 7.27. The maximum absolute atomic E-state index is 13.8. The minimum absolute atomic E-state index is 0.0718. The SMILES string of the molecule is C=CC12CCN(C(=O)c3ccc(C(=O)N4CC5C(C)C56C4=CC(=O)c4ccccc46)s3)C1=CC(=O)c1ccccc12. The molecule has 0 bridgehead atoms. The first kappa shape index (κ1) is 24.4. The van der Waals surface area contributed by atoms with E-state index in [1.807, 2.05) is 54.6 Å². The van der Waals surface area contributed by atoms with Gasteiger partial charge in [-0.15, -0.1) is 17.9 Å². The van der Waals surface area contributed by atoms with Gasteiger partial charge in [-0.2, -0.15) is 0 Å². The number of piperidine rings is 1. The summed E-state index contributed by atoms with van der Waals surface area (Å²) in [5.41, 5.74) is 3.79. The molecule has 3 aromatic rings. The van der Waals surface area contributed by atoms with Gasteiger partial charge in [-0.05, 0) is 41.5 Å². The Kier molecular flexibility index (Phi) is 4.83. The Balaban J connectivity index is 1.09. The molecule has 2 aromatic carbocycles. The van der Waals surface area contributed by atoms with E-state index in [1.165, 1.54) is 0 Å². The minimum Gasteiger partial charge on any atom is -0.310 e. The smallest absolute Gasteiger partial charge is 0.268 e. The quantitative estimate of drug-likeness (QED) is 0.396. The molecule has 4 unspecified atom stereocenters. The van der Waals surface area contributed by atoms with Crippen molar-refractivity contribution in [1.82, 2.24) is 9.80 Å². The molecule has 202 valence electrons. The fraction of sp³-hybridized carbons (Fsp3) is 0.235. The van der Waals surface area contributed by atoms with Crippen molar-refractivity contribution in [3.05, 3.63) is 129 Å². The number of rotatable bonds is 3. The number of carbonyl (C=O) groups is 4. The first-order valence-corrected chi connectivity index (χ1v) is 14.7. The Morgan fingerprint density at radius 1 is 0.854 bits per heavy atom. The van der Waals surface area contributed by atoms with Crippen molar-refractivity contribution in [3.8, 4) is 0 Å². The van der Waals surface area contributed by atoms with E-state index in [0.717, 1.165) is 33.7 Å². The van der Waals surface area contributed by atoms with Crippen LogP contribution < -0.4 is 0 Å². The van der Waals surface area contributed by atoms with E-state index in [-0.39, 0.29) is 34.7 Å². The largest absolute Gasteiger partial charge is 0.310 e. The highest BCUT2D eigenvalue weighted by Gasteiger charge is 2.72. The van der Waals surface area contributed by atoms with E-state index in [9.17, 15) is 19.2 Å². The summed E-state index contributed by atoms with van der Waals surface area (Å²) in [7, 11) is 0. The summed E-state index contributed by atoms with van der Waals surface area (Å²) in [6, 6.07) is 18.6. The standard InChI is InChI=1S/C34H26N2O4S/c1-3-33-14-15-35(29(33)16-25(37)20-8-4-6-10-22(20)33)31(39)27-12-13-28(41-27)32(40)36-18-24-19(2)34(24)23-11-7-5-9-21(23)26(38)17-30(34)36/h3-13,16-17,19,24H,1,14-15,18H2,2H3. The Bertz CT molecular complexity index is 1830. The van der Waals surface area contributed by atoms with Gasteiger partial charge in [-0.1, -0.05) is 61.5 Å². The lowest BCUT2D eigenvalue weighted by molar-refractivity contribution is 0.0808. The second-order valence-electron chi connectivity index (χ2n) is 11.6. The van der Waals surface area contributed by atoms with Crippen molar-refractivity contribution in [2.75, 3.05) is 13.1 Å². The monoisotopic (exact) mass is 558 g/mol. The summed E-state index contributed by atoms with van der Waals surface area (Å²) in [4.78, 5) is 57.9. The third kappa shape index (κ3) is 2.91. The number of benzene rings is 2. The van der Waals surface area contributed by atoms with Crippen molar-refractivity contribution in [2.45, 2.75) is 24.2 Å². The molecule has 2 saturated heterocycles. The zero-order chi connectivity index (χ0) is 28.3. The van der Waals surface area contributed by atoms with Gasteiger partial charge in [-0.25, -0.2) is 0 Å². The van der Waals surface area contributed by atoms with Crippen LogP contribution in [0, 0.1) is 11.8 Å². The van der Waals surface area contributed by atoms with Crippen molar-refractivity contribution >= 4 is 34.7 Å². The highest BCUT2D eigenvalue weighted by Crippen LogP contribution is 2.70. The molecule has 2 amide bonds. The van der Waals surface area contributed by atoms with E-state index < -0.39 is 5.41 Å². The van der Waals surface area contributed by atoms with Gasteiger partial charge in [0.05, 0.1) is 15.2 Å². The molecular formula is C34H26N2O4S. The van der Waals surface area contributed by atoms with Crippen LogP contribution >= 0.6 is 11.3 Å². The van der Waals surface area contributed by atoms with Gasteiger partial charge in [0.25, 0.3) is 11.8 Å². The van der Waals surface area contributed by atoms with Crippen molar-refractivity contribution in [3.63, 3.8) is 0 Å². The molecule has 3 fully saturated rings. The first-order chi connectivity index (χ1) is 19.8. The lowest BCUT2D eigenvalue weighted by Gasteiger charge is -2.34. The maximum atomic E-state index is 13.8. The van der Waals surface area contributed by atoms with E-state index in [2.05, 4.69) is 13.5 Å². The number of carbonyl (C=O) groups excluding carboxylic acids is 4. The summed E-state index contributed by atoms with van der Waals surface area (Å²) in [6.07, 6.45) is 5.69. The van der Waals surface area contributed by atoms with Crippen molar-refractivity contribution in [2.24, 2.45) is 11.8 Å². The van der Waals surface area contributed by atoms with Gasteiger partial charge in [-0.3, -0.25) is 19.2 Å². The van der Waals surface area contributed by atoms with Gasteiger partial charge in [0, 0.05) is 53.2 Å². The van der Waals surface area contributed by atoms with Gasteiger partial charge in [0.1, 0.15) is 0 Å². The number of thiophene rings is 1. The van der Waals surface area contributed by atoms with E-state index in [0.29, 0.717) is 46.4 Å². The second kappa shape index (κ2) is 8.10. The van der Waals surface area contributed by atoms with Gasteiger partial charge in [0.2, 0.25) is 0 Å². The molecule has 1 saturated carbocycles. The highest BCUT2D eigenvalue weighted by molar-refractivity contribution is 7.16. The fourth-order valence-electron chi connectivity index (χ4n) is 8.03. The normalized spacial score (nSPS) is 28.6. The van der Waals surface area contributed by atoms with E-state index in [1.54, 1.807) is 34.1 Å². The van der Waals surface area contributed by atoms with E-state index >= 15 is 0 Å². The maximum Gasteiger partial charge on any atom is 0.268 e. The number of fused-ring (bicyclic) bond motifs is 4. The topological polar surface area (TPSA) is 74.8 Å². The molecule has 8 rings (SSSR count). The Labute approximate surface area is 241 Å². The summed E-state index contributed by atoms with van der Waals surface area (Å²) < 4.78 is 0. The molecular weight excluding hydrogens is 532 g/mol. The molecule has 3 aliphatic carbocycles. The Morgan fingerprint density at radius 2 is 1.44 bits per heavy atom. The molecule has 41 heavy (non-hydrogen) atoms. The van der Waals surface area contributed by atoms with Crippen LogP contribution in [0.15, 0.2) is 96.9 Å². The highest BCUT2D eigenvalue weighted by atomic mass is 32.1. The minimum atomic E-state index is -0.603. The van der Waals surface area contributed by atoms with Crippen LogP contribution in [0.3, 0.4) is 0 Å². The second-order valence-corrected chi connectivity index (χ2v) is 12.7. The molecule has 5 aliphatic rings. The van der Waals surface area contributed by atoms with Crippen LogP contribution in [0.2, 0.25) is 0 Å². The molecule has 1 aromatic heterocycles. The number of likely N-dealkylation sites (tertiary alicyclic amines) is 2. The van der Waals surface area contributed by atoms with Crippen LogP contribution in [0.5, 0.6) is 0 Å². The predicted octanol–water partition coefficient (Wildman–Crippen LogP) is 5.54. The predicted molar refractivity (Wildman–Crippen MR) is 155 cm³/mol. The summed E-state index contributed by atoms with van der Waals surface area (Å²) in [5.74, 6) is 0.00766. The number of hydrogen-bond acceptors (Lipinski definition) is 5. The van der Waals surface area contributed by atoms with Crippen LogP contribution in [-0.4, -0.2) is 46.3 Å². The molecule has 3 heterocycles. The van der Waals surface area contributed by atoms with Gasteiger partial charge >= 0.3 is 0 Å². The number of amides is 2. The van der Waals surface area contributed by atoms with Crippen LogP contribution in [0.1, 0.15) is 64.5 Å². The first-order valence-electron chi connectivity index (χ1n) is 13.9. The molecule has 2 aliphatic heterocycles. The summed E-state index contributed by atoms with van der Waals surface area (Å²) >= 11 is 1.16. The van der Waals surface area contributed by atoms with Crippen LogP contribution in [0.25, 0.3) is 0 Å². The molecule has 1 spiro atoms. The third-order valence-corrected chi connectivity index (χ3v) is 11.1. The van der Waals surface area contributed by atoms with Gasteiger partial charge < -0.3 is 9.80 Å². The summed E-state index contributed by atoms with van der Waals surface area (Å²) in [5, 5.41) is 0. The Hall–Kier alpha value is -4.36. The van der Waals surface area contributed by atoms with Crippen LogP contribution in [-0.2, 0) is 10.8 Å². The lowest BCUT2D eigenvalue weighted by Crippen LogP contribution is -2.35. The Morgan fingerprint density at radius 3 is 2.12 bits per heavy atom. The van der Waals surface area contributed by atoms with Crippen LogP contribution in [0.4, 0.5) is 0 Å². The van der Waals surface area contributed by atoms with E-state index in [4.69, 9.17) is 0 Å². The average molecular weight is 559 g/mol. The molecule has 4 atom stereocenters. The molecule has 0 N–H and O–H groups in total. The molecule has 0 radical (unpaired) electrons.